The maximum atomic E-state index is 14.0. The highest BCUT2D eigenvalue weighted by atomic mass is 35.5. The molecule has 1 fully saturated rings. The zero-order chi connectivity index (χ0) is 19.6. The Bertz CT molecular complexity index is 973. The van der Waals surface area contributed by atoms with Gasteiger partial charge in [0.25, 0.3) is 5.91 Å². The average molecular weight is 411 g/mol. The van der Waals surface area contributed by atoms with E-state index in [0.717, 1.165) is 25.3 Å². The Morgan fingerprint density at radius 3 is 2.48 bits per heavy atom. The topological polar surface area (TPSA) is 66.5 Å². The third kappa shape index (κ3) is 4.31. The van der Waals surface area contributed by atoms with Crippen molar-refractivity contribution in [2.24, 2.45) is 0 Å². The van der Waals surface area contributed by atoms with Gasteiger partial charge in [-0.2, -0.15) is 4.31 Å². The summed E-state index contributed by atoms with van der Waals surface area (Å²) >= 11 is 5.71. The number of benzene rings is 2. The maximum Gasteiger partial charge on any atom is 0.258 e. The SMILES string of the molecule is Cc1ccc(S(=O)(=O)N2CCCCC2)cc1NC(=O)c1ccc(Cl)cc1F. The lowest BCUT2D eigenvalue weighted by molar-refractivity contribution is 0.102. The largest absolute Gasteiger partial charge is 0.322 e. The highest BCUT2D eigenvalue weighted by Crippen LogP contribution is 2.26. The summed E-state index contributed by atoms with van der Waals surface area (Å²) in [6, 6.07) is 8.34. The fourth-order valence-electron chi connectivity index (χ4n) is 3.01. The van der Waals surface area contributed by atoms with Gasteiger partial charge in [-0.1, -0.05) is 24.1 Å². The Labute approximate surface area is 163 Å². The molecule has 0 unspecified atom stereocenters. The number of rotatable bonds is 4. The molecule has 3 rings (SSSR count). The first-order valence-electron chi connectivity index (χ1n) is 8.66. The van der Waals surface area contributed by atoms with Crippen LogP contribution in [0.15, 0.2) is 41.3 Å². The smallest absolute Gasteiger partial charge is 0.258 e. The molecule has 0 saturated carbocycles. The quantitative estimate of drug-likeness (QED) is 0.820. The van der Waals surface area contributed by atoms with Gasteiger partial charge >= 0.3 is 0 Å². The van der Waals surface area contributed by atoms with Crippen molar-refractivity contribution in [1.29, 1.82) is 0 Å². The van der Waals surface area contributed by atoms with Gasteiger partial charge in [0.15, 0.2) is 0 Å². The van der Waals surface area contributed by atoms with E-state index in [1.165, 1.54) is 28.6 Å². The van der Waals surface area contributed by atoms with Crippen molar-refractivity contribution in [1.82, 2.24) is 4.31 Å². The Morgan fingerprint density at radius 1 is 1.11 bits per heavy atom. The number of halogens is 2. The average Bonchev–Trinajstić information content (AvgIpc) is 2.64. The first-order valence-corrected chi connectivity index (χ1v) is 10.5. The highest BCUT2D eigenvalue weighted by molar-refractivity contribution is 7.89. The van der Waals surface area contributed by atoms with Crippen LogP contribution in [0.1, 0.15) is 35.2 Å². The first kappa shape index (κ1) is 19.8. The molecule has 1 heterocycles. The predicted molar refractivity (Wildman–Crippen MR) is 103 cm³/mol. The molecule has 0 atom stereocenters. The monoisotopic (exact) mass is 410 g/mol. The number of aryl methyl sites for hydroxylation is 1. The van der Waals surface area contributed by atoms with E-state index < -0.39 is 21.7 Å². The molecule has 0 spiro atoms. The summed E-state index contributed by atoms with van der Waals surface area (Å²) in [5, 5.41) is 2.79. The van der Waals surface area contributed by atoms with Gasteiger partial charge in [0.05, 0.1) is 10.5 Å². The molecule has 8 heteroatoms. The Balaban J connectivity index is 1.88. The van der Waals surface area contributed by atoms with Crippen molar-refractivity contribution >= 4 is 33.2 Å². The van der Waals surface area contributed by atoms with Crippen molar-refractivity contribution < 1.29 is 17.6 Å². The number of carbonyl (C=O) groups excluding carboxylic acids is 1. The molecule has 1 aliphatic heterocycles. The number of carbonyl (C=O) groups is 1. The predicted octanol–water partition coefficient (Wildman–Crippen LogP) is 4.21. The Hall–Kier alpha value is -1.96. The van der Waals surface area contributed by atoms with E-state index in [-0.39, 0.29) is 15.5 Å². The molecule has 1 amide bonds. The van der Waals surface area contributed by atoms with Crippen molar-refractivity contribution in [2.45, 2.75) is 31.1 Å². The van der Waals surface area contributed by atoms with E-state index in [9.17, 15) is 17.6 Å². The molecule has 2 aromatic carbocycles. The standard InChI is InChI=1S/C19H20ClFN2O3S/c1-13-5-7-15(27(25,26)23-9-3-2-4-10-23)12-18(13)22-19(24)16-8-6-14(20)11-17(16)21/h5-8,11-12H,2-4,9-10H2,1H3,(H,22,24). The van der Waals surface area contributed by atoms with Crippen LogP contribution in [-0.4, -0.2) is 31.7 Å². The van der Waals surface area contributed by atoms with Gasteiger partial charge in [0, 0.05) is 23.8 Å². The van der Waals surface area contributed by atoms with Gasteiger partial charge in [0.2, 0.25) is 10.0 Å². The summed E-state index contributed by atoms with van der Waals surface area (Å²) in [6.07, 6.45) is 2.70. The lowest BCUT2D eigenvalue weighted by Crippen LogP contribution is -2.35. The highest BCUT2D eigenvalue weighted by Gasteiger charge is 2.26. The molecule has 1 aliphatic rings. The van der Waals surface area contributed by atoms with Gasteiger partial charge in [0.1, 0.15) is 5.82 Å². The summed E-state index contributed by atoms with van der Waals surface area (Å²) in [6.45, 7) is 2.73. The van der Waals surface area contributed by atoms with Crippen LogP contribution in [-0.2, 0) is 10.0 Å². The summed E-state index contributed by atoms with van der Waals surface area (Å²) in [5.74, 6) is -1.41. The first-order chi connectivity index (χ1) is 12.8. The van der Waals surface area contributed by atoms with E-state index in [4.69, 9.17) is 11.6 Å². The zero-order valence-electron chi connectivity index (χ0n) is 14.8. The lowest BCUT2D eigenvalue weighted by Gasteiger charge is -2.26. The summed E-state index contributed by atoms with van der Waals surface area (Å²) in [5.41, 5.74) is 0.839. The summed E-state index contributed by atoms with van der Waals surface area (Å²) in [7, 11) is -3.62. The van der Waals surface area contributed by atoms with Crippen LogP contribution in [0.25, 0.3) is 0 Å². The molecule has 1 saturated heterocycles. The molecular weight excluding hydrogens is 391 g/mol. The number of piperidine rings is 1. The number of nitrogens with zero attached hydrogens (tertiary/aromatic N) is 1. The number of sulfonamides is 1. The second kappa shape index (κ2) is 7.96. The van der Waals surface area contributed by atoms with E-state index >= 15 is 0 Å². The van der Waals surface area contributed by atoms with Crippen LogP contribution in [0.4, 0.5) is 10.1 Å². The van der Waals surface area contributed by atoms with Crippen molar-refractivity contribution in [2.75, 3.05) is 18.4 Å². The van der Waals surface area contributed by atoms with E-state index in [1.54, 1.807) is 13.0 Å². The molecule has 1 N–H and O–H groups in total. The van der Waals surface area contributed by atoms with Crippen LogP contribution in [0.2, 0.25) is 5.02 Å². The van der Waals surface area contributed by atoms with Gasteiger partial charge < -0.3 is 5.32 Å². The van der Waals surface area contributed by atoms with Gasteiger partial charge in [-0.25, -0.2) is 12.8 Å². The fourth-order valence-corrected chi connectivity index (χ4v) is 4.72. The van der Waals surface area contributed by atoms with Crippen LogP contribution >= 0.6 is 11.6 Å². The van der Waals surface area contributed by atoms with Gasteiger partial charge in [-0.15, -0.1) is 0 Å². The van der Waals surface area contributed by atoms with Gasteiger partial charge in [-0.05, 0) is 55.7 Å². The number of amides is 1. The molecule has 144 valence electrons. The molecule has 0 bridgehead atoms. The van der Waals surface area contributed by atoms with Crippen LogP contribution in [0.5, 0.6) is 0 Å². The number of anilines is 1. The minimum atomic E-state index is -3.62. The van der Waals surface area contributed by atoms with Crippen LogP contribution in [0, 0.1) is 12.7 Å². The molecule has 5 nitrogen and oxygen atoms in total. The van der Waals surface area contributed by atoms with Crippen LogP contribution in [0.3, 0.4) is 0 Å². The third-order valence-electron chi connectivity index (χ3n) is 4.59. The molecule has 0 aromatic heterocycles. The molecule has 2 aromatic rings. The second-order valence-electron chi connectivity index (χ2n) is 6.52. The molecule has 27 heavy (non-hydrogen) atoms. The van der Waals surface area contributed by atoms with Crippen molar-refractivity contribution in [3.63, 3.8) is 0 Å². The van der Waals surface area contributed by atoms with Gasteiger partial charge in [-0.3, -0.25) is 4.79 Å². The van der Waals surface area contributed by atoms with E-state index in [0.29, 0.717) is 24.3 Å². The normalized spacial score (nSPS) is 15.5. The maximum absolute atomic E-state index is 14.0. The zero-order valence-corrected chi connectivity index (χ0v) is 16.4. The summed E-state index contributed by atoms with van der Waals surface area (Å²) in [4.78, 5) is 12.5. The third-order valence-corrected chi connectivity index (χ3v) is 6.72. The van der Waals surface area contributed by atoms with E-state index in [2.05, 4.69) is 5.32 Å². The number of nitrogens with one attached hydrogen (secondary N) is 1. The minimum Gasteiger partial charge on any atom is -0.322 e. The lowest BCUT2D eigenvalue weighted by atomic mass is 10.1. The fraction of sp³-hybridized carbons (Fsp3) is 0.316. The molecule has 0 aliphatic carbocycles. The second-order valence-corrected chi connectivity index (χ2v) is 8.89. The molecular formula is C19H20ClFN2O3S. The summed E-state index contributed by atoms with van der Waals surface area (Å²) < 4.78 is 41.1. The Kier molecular flexibility index (Phi) is 5.83. The minimum absolute atomic E-state index is 0.113. The van der Waals surface area contributed by atoms with Crippen molar-refractivity contribution in [3.8, 4) is 0 Å². The van der Waals surface area contributed by atoms with Crippen molar-refractivity contribution in [3.05, 3.63) is 58.4 Å². The number of hydrogen-bond acceptors (Lipinski definition) is 3. The molecule has 0 radical (unpaired) electrons. The van der Waals surface area contributed by atoms with E-state index in [1.807, 2.05) is 0 Å². The Morgan fingerprint density at radius 2 is 1.81 bits per heavy atom. The van der Waals surface area contributed by atoms with Crippen LogP contribution < -0.4 is 5.32 Å². The number of hydrogen-bond donors (Lipinski definition) is 1.